The number of hydrogen-bond acceptors (Lipinski definition) is 2. The number of carbonyl (C=O) groups is 2. The van der Waals surface area contributed by atoms with Crippen LogP contribution in [0.3, 0.4) is 0 Å². The highest BCUT2D eigenvalue weighted by molar-refractivity contribution is 9.10. The normalized spacial score (nSPS) is 34.8. The van der Waals surface area contributed by atoms with Crippen LogP contribution in [-0.4, -0.2) is 11.8 Å². The molecule has 0 N–H and O–H groups in total. The number of benzene rings is 1. The van der Waals surface area contributed by atoms with Crippen molar-refractivity contribution in [3.8, 4) is 0 Å². The second kappa shape index (κ2) is 4.29. The first-order valence-electron chi connectivity index (χ1n) is 6.98. The molecule has 0 unspecified atom stereocenters. The Hall–Kier alpha value is -1.42. The number of rotatable bonds is 1. The minimum atomic E-state index is -0.134. The number of fused-ring (bicyclic) bond motifs is 1. The van der Waals surface area contributed by atoms with E-state index < -0.39 is 0 Å². The van der Waals surface area contributed by atoms with Gasteiger partial charge in [0.15, 0.2) is 0 Å². The van der Waals surface area contributed by atoms with E-state index in [0.29, 0.717) is 5.69 Å². The lowest BCUT2D eigenvalue weighted by molar-refractivity contribution is -0.124. The first-order valence-corrected chi connectivity index (χ1v) is 7.78. The van der Waals surface area contributed by atoms with Gasteiger partial charge in [0.25, 0.3) is 0 Å². The van der Waals surface area contributed by atoms with Crippen LogP contribution in [0.4, 0.5) is 5.69 Å². The number of nitrogens with zero attached hydrogens (tertiary/aromatic N) is 1. The standard InChI is InChI=1S/C16H14BrNO2/c17-11-2-1-3-12(8-11)18-15(19)13-9-4-5-10(7-6-9)14(13)16(18)20/h1-5,8-10,13-14H,6-7H2/t9-,10-,13-,14+/m0/s1. The highest BCUT2D eigenvalue weighted by Crippen LogP contribution is 2.50. The molecule has 2 fully saturated rings. The van der Waals surface area contributed by atoms with Gasteiger partial charge in [-0.1, -0.05) is 34.1 Å². The van der Waals surface area contributed by atoms with Gasteiger partial charge in [-0.15, -0.1) is 0 Å². The third kappa shape index (κ3) is 1.57. The molecule has 1 saturated carbocycles. The Kier molecular flexibility index (Phi) is 2.64. The summed E-state index contributed by atoms with van der Waals surface area (Å²) in [6, 6.07) is 7.41. The summed E-state index contributed by atoms with van der Waals surface area (Å²) in [5.74, 6) is 0.196. The molecule has 1 saturated heterocycles. The van der Waals surface area contributed by atoms with Gasteiger partial charge in [-0.3, -0.25) is 9.59 Å². The number of carbonyl (C=O) groups excluding carboxylic acids is 2. The van der Waals surface area contributed by atoms with Crippen molar-refractivity contribution in [2.75, 3.05) is 4.90 Å². The highest BCUT2D eigenvalue weighted by atomic mass is 79.9. The second-order valence-electron chi connectivity index (χ2n) is 5.83. The van der Waals surface area contributed by atoms with E-state index >= 15 is 0 Å². The van der Waals surface area contributed by atoms with Gasteiger partial charge >= 0.3 is 0 Å². The molecule has 1 heterocycles. The van der Waals surface area contributed by atoms with Gasteiger partial charge in [0.1, 0.15) is 0 Å². The molecule has 1 aliphatic heterocycles. The monoisotopic (exact) mass is 331 g/mol. The predicted molar refractivity (Wildman–Crippen MR) is 79.0 cm³/mol. The molecule has 0 radical (unpaired) electrons. The third-order valence-corrected chi connectivity index (χ3v) is 5.32. The molecule has 5 rings (SSSR count). The number of imide groups is 1. The van der Waals surface area contributed by atoms with Crippen molar-refractivity contribution < 1.29 is 9.59 Å². The molecule has 4 aliphatic rings. The fraction of sp³-hybridized carbons (Fsp3) is 0.375. The first-order chi connectivity index (χ1) is 9.66. The van der Waals surface area contributed by atoms with E-state index in [0.717, 1.165) is 17.3 Å². The summed E-state index contributed by atoms with van der Waals surface area (Å²) >= 11 is 3.40. The fourth-order valence-electron chi connectivity index (χ4n) is 3.94. The molecule has 0 spiro atoms. The number of hydrogen-bond donors (Lipinski definition) is 0. The average molecular weight is 332 g/mol. The van der Waals surface area contributed by atoms with Crippen LogP contribution < -0.4 is 4.90 Å². The maximum Gasteiger partial charge on any atom is 0.238 e. The van der Waals surface area contributed by atoms with Gasteiger partial charge in [-0.05, 0) is 42.9 Å². The zero-order valence-corrected chi connectivity index (χ0v) is 12.4. The zero-order valence-electron chi connectivity index (χ0n) is 10.8. The Morgan fingerprint density at radius 1 is 1.00 bits per heavy atom. The van der Waals surface area contributed by atoms with Crippen molar-refractivity contribution in [2.45, 2.75) is 12.8 Å². The molecule has 102 valence electrons. The summed E-state index contributed by atoms with van der Waals surface area (Å²) < 4.78 is 0.881. The van der Waals surface area contributed by atoms with E-state index in [-0.39, 0.29) is 35.5 Å². The molecule has 3 aliphatic carbocycles. The van der Waals surface area contributed by atoms with E-state index in [4.69, 9.17) is 0 Å². The number of anilines is 1. The first kappa shape index (κ1) is 12.3. The largest absolute Gasteiger partial charge is 0.274 e. The third-order valence-electron chi connectivity index (χ3n) is 4.83. The van der Waals surface area contributed by atoms with Crippen LogP contribution in [0.25, 0.3) is 0 Å². The molecular formula is C16H14BrNO2. The van der Waals surface area contributed by atoms with E-state index in [2.05, 4.69) is 28.1 Å². The Balaban J connectivity index is 1.77. The number of amides is 2. The quantitative estimate of drug-likeness (QED) is 0.585. The van der Waals surface area contributed by atoms with Crippen molar-refractivity contribution in [2.24, 2.45) is 23.7 Å². The van der Waals surface area contributed by atoms with Gasteiger partial charge in [-0.25, -0.2) is 4.90 Å². The molecule has 3 nitrogen and oxygen atoms in total. The maximum atomic E-state index is 12.7. The lowest BCUT2D eigenvalue weighted by Crippen LogP contribution is -2.38. The van der Waals surface area contributed by atoms with Gasteiger partial charge in [0.05, 0.1) is 17.5 Å². The second-order valence-corrected chi connectivity index (χ2v) is 6.75. The molecule has 4 atom stereocenters. The SMILES string of the molecule is O=C1[C@@H]2[C@H](C(=O)N1c1cccc(Br)c1)[C@H]1C=C[C@H]2CC1. The van der Waals surface area contributed by atoms with Gasteiger partial charge < -0.3 is 0 Å². The Morgan fingerprint density at radius 2 is 1.60 bits per heavy atom. The van der Waals surface area contributed by atoms with Crippen LogP contribution >= 0.6 is 15.9 Å². The maximum absolute atomic E-state index is 12.7. The summed E-state index contributed by atoms with van der Waals surface area (Å²) in [5, 5.41) is 0. The van der Waals surface area contributed by atoms with Gasteiger partial charge in [-0.2, -0.15) is 0 Å². The molecule has 4 heteroatoms. The van der Waals surface area contributed by atoms with Crippen molar-refractivity contribution in [3.63, 3.8) is 0 Å². The fourth-order valence-corrected chi connectivity index (χ4v) is 4.33. The summed E-state index contributed by atoms with van der Waals surface area (Å²) in [4.78, 5) is 26.8. The molecule has 20 heavy (non-hydrogen) atoms. The lowest BCUT2D eigenvalue weighted by Gasteiger charge is -2.38. The zero-order chi connectivity index (χ0) is 13.9. The molecule has 1 aromatic rings. The minimum absolute atomic E-state index is 0.0165. The van der Waals surface area contributed by atoms with Crippen LogP contribution in [-0.2, 0) is 9.59 Å². The Labute approximate surface area is 125 Å². The predicted octanol–water partition coefficient (Wildman–Crippen LogP) is 3.15. The summed E-state index contributed by atoms with van der Waals surface area (Å²) in [7, 11) is 0. The average Bonchev–Trinajstić information content (AvgIpc) is 2.74. The van der Waals surface area contributed by atoms with Crippen LogP contribution in [0, 0.1) is 23.7 Å². The summed E-state index contributed by atoms with van der Waals surface area (Å²) in [6.07, 6.45) is 6.36. The topological polar surface area (TPSA) is 37.4 Å². The van der Waals surface area contributed by atoms with Crippen molar-refractivity contribution >= 4 is 33.4 Å². The minimum Gasteiger partial charge on any atom is -0.274 e. The van der Waals surface area contributed by atoms with Crippen molar-refractivity contribution in [1.29, 1.82) is 0 Å². The van der Waals surface area contributed by atoms with Gasteiger partial charge in [0, 0.05) is 4.47 Å². The molecular weight excluding hydrogens is 318 g/mol. The van der Waals surface area contributed by atoms with Crippen molar-refractivity contribution in [1.82, 2.24) is 0 Å². The summed E-state index contributed by atoms with van der Waals surface area (Å²) in [6.45, 7) is 0. The van der Waals surface area contributed by atoms with Crippen LogP contribution in [0.1, 0.15) is 12.8 Å². The Bertz CT molecular complexity index is 607. The number of allylic oxidation sites excluding steroid dienone is 2. The lowest BCUT2D eigenvalue weighted by atomic mass is 9.63. The van der Waals surface area contributed by atoms with E-state index in [1.54, 1.807) is 0 Å². The van der Waals surface area contributed by atoms with E-state index in [1.165, 1.54) is 4.90 Å². The number of halogens is 1. The summed E-state index contributed by atoms with van der Waals surface area (Å²) in [5.41, 5.74) is 0.683. The van der Waals surface area contributed by atoms with E-state index in [1.807, 2.05) is 24.3 Å². The van der Waals surface area contributed by atoms with Gasteiger partial charge in [0.2, 0.25) is 11.8 Å². The van der Waals surface area contributed by atoms with E-state index in [9.17, 15) is 9.59 Å². The smallest absolute Gasteiger partial charge is 0.238 e. The molecule has 2 bridgehead atoms. The van der Waals surface area contributed by atoms with Crippen LogP contribution in [0.15, 0.2) is 40.9 Å². The molecule has 1 aromatic carbocycles. The van der Waals surface area contributed by atoms with Crippen molar-refractivity contribution in [3.05, 3.63) is 40.9 Å². The molecule has 2 amide bonds. The van der Waals surface area contributed by atoms with Crippen LogP contribution in [0.5, 0.6) is 0 Å². The molecule has 0 aromatic heterocycles. The van der Waals surface area contributed by atoms with Crippen LogP contribution in [0.2, 0.25) is 0 Å². The highest BCUT2D eigenvalue weighted by Gasteiger charge is 2.56. The Morgan fingerprint density at radius 3 is 2.10 bits per heavy atom.